The molecule has 0 saturated heterocycles. The fraction of sp³-hybridized carbons (Fsp3) is 0.400. The molecule has 19 heavy (non-hydrogen) atoms. The molecule has 0 aliphatic rings. The second-order valence-electron chi connectivity index (χ2n) is 4.50. The Morgan fingerprint density at radius 3 is 3.00 bits per heavy atom. The van der Waals surface area contributed by atoms with E-state index in [0.29, 0.717) is 6.61 Å². The van der Waals surface area contributed by atoms with E-state index in [9.17, 15) is 0 Å². The number of benzene rings is 1. The first kappa shape index (κ1) is 14.0. The van der Waals surface area contributed by atoms with Crippen molar-refractivity contribution < 1.29 is 4.74 Å². The van der Waals surface area contributed by atoms with Crippen LogP contribution in [0.25, 0.3) is 0 Å². The molecule has 102 valence electrons. The summed E-state index contributed by atoms with van der Waals surface area (Å²) in [7, 11) is 0. The summed E-state index contributed by atoms with van der Waals surface area (Å²) in [5.41, 5.74) is 2.47. The zero-order valence-corrected chi connectivity index (χ0v) is 12.3. The normalized spacial score (nSPS) is 10.6. The second-order valence-corrected chi connectivity index (χ2v) is 5.48. The lowest BCUT2D eigenvalue weighted by molar-refractivity contribution is 0.301. The van der Waals surface area contributed by atoms with Crippen molar-refractivity contribution in [2.45, 2.75) is 33.4 Å². The third-order valence-corrected chi connectivity index (χ3v) is 3.55. The molecule has 0 unspecified atom stereocenters. The van der Waals surface area contributed by atoms with Gasteiger partial charge < -0.3 is 10.1 Å². The van der Waals surface area contributed by atoms with Crippen molar-refractivity contribution in [3.63, 3.8) is 0 Å². The molecule has 3 nitrogen and oxygen atoms in total. The van der Waals surface area contributed by atoms with Gasteiger partial charge in [0.2, 0.25) is 0 Å². The van der Waals surface area contributed by atoms with Crippen LogP contribution in [0.4, 0.5) is 0 Å². The molecule has 0 atom stereocenters. The molecule has 0 aliphatic heterocycles. The number of rotatable bonds is 7. The Hall–Kier alpha value is -1.39. The Labute approximate surface area is 118 Å². The summed E-state index contributed by atoms with van der Waals surface area (Å²) in [6, 6.07) is 6.31. The second kappa shape index (κ2) is 7.26. The lowest BCUT2D eigenvalue weighted by Crippen LogP contribution is -2.14. The number of aromatic nitrogens is 1. The monoisotopic (exact) mass is 276 g/mol. The molecule has 1 N–H and O–H groups in total. The number of aryl methyl sites for hydroxylation is 1. The van der Waals surface area contributed by atoms with Crippen molar-refractivity contribution in [1.29, 1.82) is 0 Å². The highest BCUT2D eigenvalue weighted by Gasteiger charge is 2.05. The minimum Gasteiger partial charge on any atom is -0.486 e. The van der Waals surface area contributed by atoms with E-state index in [0.717, 1.165) is 30.3 Å². The van der Waals surface area contributed by atoms with Gasteiger partial charge in [-0.2, -0.15) is 0 Å². The van der Waals surface area contributed by atoms with Gasteiger partial charge in [-0.1, -0.05) is 24.6 Å². The smallest absolute Gasteiger partial charge is 0.140 e. The van der Waals surface area contributed by atoms with Crippen molar-refractivity contribution in [2.24, 2.45) is 0 Å². The lowest BCUT2D eigenvalue weighted by atomic mass is 10.1. The third-order valence-electron chi connectivity index (χ3n) is 2.79. The molecule has 2 rings (SSSR count). The minimum absolute atomic E-state index is 0.543. The summed E-state index contributed by atoms with van der Waals surface area (Å²) in [6.45, 7) is 6.70. The Bertz CT molecular complexity index is 497. The summed E-state index contributed by atoms with van der Waals surface area (Å²) in [5, 5.41) is 6.40. The average molecular weight is 276 g/mol. The van der Waals surface area contributed by atoms with Crippen LogP contribution in [0.3, 0.4) is 0 Å². The molecule has 0 saturated carbocycles. The van der Waals surface area contributed by atoms with E-state index in [1.54, 1.807) is 11.3 Å². The molecular formula is C15H20N2OS. The molecule has 0 bridgehead atoms. The van der Waals surface area contributed by atoms with E-state index in [1.807, 2.05) is 17.6 Å². The van der Waals surface area contributed by atoms with Gasteiger partial charge in [-0.25, -0.2) is 4.98 Å². The molecule has 4 heteroatoms. The fourth-order valence-corrected chi connectivity index (χ4v) is 2.38. The van der Waals surface area contributed by atoms with Crippen molar-refractivity contribution in [2.75, 3.05) is 6.54 Å². The molecule has 1 aromatic carbocycles. The first-order valence-electron chi connectivity index (χ1n) is 6.61. The maximum Gasteiger partial charge on any atom is 0.140 e. The van der Waals surface area contributed by atoms with E-state index < -0.39 is 0 Å². The molecule has 0 spiro atoms. The van der Waals surface area contributed by atoms with Crippen LogP contribution in [0.5, 0.6) is 5.75 Å². The van der Waals surface area contributed by atoms with Crippen LogP contribution in [0, 0.1) is 6.92 Å². The maximum atomic E-state index is 5.88. The van der Waals surface area contributed by atoms with Crippen LogP contribution >= 0.6 is 11.3 Å². The first-order chi connectivity index (χ1) is 9.29. The van der Waals surface area contributed by atoms with Crippen LogP contribution in [0.1, 0.15) is 29.5 Å². The SMILES string of the molecule is CCCNCc1cc(C)ccc1OCc1nccs1. The summed E-state index contributed by atoms with van der Waals surface area (Å²) >= 11 is 1.62. The zero-order valence-electron chi connectivity index (χ0n) is 11.5. The Morgan fingerprint density at radius 1 is 1.37 bits per heavy atom. The Balaban J connectivity index is 2.01. The predicted molar refractivity (Wildman–Crippen MR) is 79.6 cm³/mol. The molecule has 0 amide bonds. The lowest BCUT2D eigenvalue weighted by Gasteiger charge is -2.12. The van der Waals surface area contributed by atoms with Gasteiger partial charge in [0, 0.05) is 23.7 Å². The highest BCUT2D eigenvalue weighted by molar-refractivity contribution is 7.09. The summed E-state index contributed by atoms with van der Waals surface area (Å²) < 4.78 is 5.88. The number of nitrogens with zero attached hydrogens (tertiary/aromatic N) is 1. The third kappa shape index (κ3) is 4.33. The van der Waals surface area contributed by atoms with Crippen LogP contribution in [0.2, 0.25) is 0 Å². The van der Waals surface area contributed by atoms with Crippen LogP contribution in [0.15, 0.2) is 29.8 Å². The molecule has 1 aromatic heterocycles. The van der Waals surface area contributed by atoms with E-state index in [2.05, 4.69) is 36.3 Å². The first-order valence-corrected chi connectivity index (χ1v) is 7.49. The molecule has 0 aliphatic carbocycles. The Morgan fingerprint density at radius 2 is 2.26 bits per heavy atom. The number of hydrogen-bond acceptors (Lipinski definition) is 4. The topological polar surface area (TPSA) is 34.1 Å². The zero-order chi connectivity index (χ0) is 13.5. The van der Waals surface area contributed by atoms with Gasteiger partial charge in [0.1, 0.15) is 17.4 Å². The van der Waals surface area contributed by atoms with Crippen molar-refractivity contribution in [3.8, 4) is 5.75 Å². The van der Waals surface area contributed by atoms with E-state index in [1.165, 1.54) is 11.1 Å². The average Bonchev–Trinajstić information content (AvgIpc) is 2.91. The van der Waals surface area contributed by atoms with Gasteiger partial charge in [-0.05, 0) is 26.0 Å². The van der Waals surface area contributed by atoms with Crippen LogP contribution in [-0.2, 0) is 13.2 Å². The summed E-state index contributed by atoms with van der Waals surface area (Å²) in [4.78, 5) is 4.23. The molecule has 2 aromatic rings. The largest absolute Gasteiger partial charge is 0.486 e. The summed E-state index contributed by atoms with van der Waals surface area (Å²) in [5.74, 6) is 0.949. The van der Waals surface area contributed by atoms with E-state index in [-0.39, 0.29) is 0 Å². The minimum atomic E-state index is 0.543. The highest BCUT2D eigenvalue weighted by atomic mass is 32.1. The van der Waals surface area contributed by atoms with Crippen molar-refractivity contribution in [1.82, 2.24) is 10.3 Å². The number of ether oxygens (including phenoxy) is 1. The molecular weight excluding hydrogens is 256 g/mol. The Kier molecular flexibility index (Phi) is 5.36. The number of hydrogen-bond donors (Lipinski definition) is 1. The van der Waals surface area contributed by atoms with Crippen molar-refractivity contribution >= 4 is 11.3 Å². The van der Waals surface area contributed by atoms with Gasteiger partial charge in [0.15, 0.2) is 0 Å². The van der Waals surface area contributed by atoms with Crippen molar-refractivity contribution in [3.05, 3.63) is 45.9 Å². The van der Waals surface area contributed by atoms with E-state index >= 15 is 0 Å². The van der Waals surface area contributed by atoms with Gasteiger partial charge in [0.25, 0.3) is 0 Å². The highest BCUT2D eigenvalue weighted by Crippen LogP contribution is 2.21. The molecule has 0 fully saturated rings. The standard InChI is InChI=1S/C15H20N2OS/c1-3-6-16-10-13-9-12(2)4-5-14(13)18-11-15-17-7-8-19-15/h4-5,7-9,16H,3,6,10-11H2,1-2H3. The van der Waals surface area contributed by atoms with Crippen LogP contribution in [-0.4, -0.2) is 11.5 Å². The van der Waals surface area contributed by atoms with Crippen LogP contribution < -0.4 is 10.1 Å². The quantitative estimate of drug-likeness (QED) is 0.786. The molecule has 0 radical (unpaired) electrons. The fourth-order valence-electron chi connectivity index (χ4n) is 1.85. The number of nitrogens with one attached hydrogen (secondary N) is 1. The number of thiazole rings is 1. The van der Waals surface area contributed by atoms with Gasteiger partial charge in [-0.3, -0.25) is 0 Å². The predicted octanol–water partition coefficient (Wildman–Crippen LogP) is 3.53. The van der Waals surface area contributed by atoms with Gasteiger partial charge in [-0.15, -0.1) is 11.3 Å². The van der Waals surface area contributed by atoms with Gasteiger partial charge in [0.05, 0.1) is 0 Å². The van der Waals surface area contributed by atoms with Gasteiger partial charge >= 0.3 is 0 Å². The van der Waals surface area contributed by atoms with E-state index in [4.69, 9.17) is 4.74 Å². The summed E-state index contributed by atoms with van der Waals surface area (Å²) in [6.07, 6.45) is 2.95. The molecule has 1 heterocycles. The maximum absolute atomic E-state index is 5.88.